The first-order chi connectivity index (χ1) is 9.42. The first kappa shape index (κ1) is 12.4. The summed E-state index contributed by atoms with van der Waals surface area (Å²) in [5.74, 6) is 0. The van der Waals surface area contributed by atoms with E-state index in [1.54, 1.807) is 6.20 Å². The molecule has 3 nitrogen and oxygen atoms in total. The van der Waals surface area contributed by atoms with Crippen molar-refractivity contribution in [2.24, 2.45) is 0 Å². The summed E-state index contributed by atoms with van der Waals surface area (Å²) in [6.07, 6.45) is 10.6. The lowest BCUT2D eigenvalue weighted by atomic mass is 9.95. The molecule has 1 aliphatic carbocycles. The lowest BCUT2D eigenvalue weighted by molar-refractivity contribution is 0.372. The molecule has 0 atom stereocenters. The maximum atomic E-state index is 4.24. The Morgan fingerprint density at radius 2 is 1.89 bits per heavy atom. The molecule has 100 valence electrons. The molecule has 1 aromatic carbocycles. The fourth-order valence-electron chi connectivity index (χ4n) is 2.76. The minimum atomic E-state index is 0.722. The molecule has 0 bridgehead atoms. The third-order valence-electron chi connectivity index (χ3n) is 3.91. The Morgan fingerprint density at radius 3 is 2.58 bits per heavy atom. The van der Waals surface area contributed by atoms with Crippen LogP contribution in [0.15, 0.2) is 42.7 Å². The summed E-state index contributed by atoms with van der Waals surface area (Å²) in [6.45, 7) is 0.976. The van der Waals surface area contributed by atoms with Gasteiger partial charge in [0.15, 0.2) is 0 Å². The van der Waals surface area contributed by atoms with Crippen LogP contribution in [0, 0.1) is 0 Å². The number of nitrogens with one attached hydrogen (secondary N) is 1. The van der Waals surface area contributed by atoms with Gasteiger partial charge in [0.2, 0.25) is 0 Å². The van der Waals surface area contributed by atoms with Crippen LogP contribution in [0.1, 0.15) is 37.7 Å². The topological polar surface area (TPSA) is 29.9 Å². The number of aromatic nitrogens is 2. The second-order valence-electron chi connectivity index (χ2n) is 5.33. The minimum absolute atomic E-state index is 0.722. The van der Waals surface area contributed by atoms with Gasteiger partial charge in [-0.15, -0.1) is 0 Å². The van der Waals surface area contributed by atoms with E-state index in [0.29, 0.717) is 0 Å². The van der Waals surface area contributed by atoms with Crippen LogP contribution in [0.3, 0.4) is 0 Å². The number of benzene rings is 1. The van der Waals surface area contributed by atoms with Gasteiger partial charge in [-0.3, -0.25) is 0 Å². The van der Waals surface area contributed by atoms with Crippen LogP contribution in [0.4, 0.5) is 0 Å². The zero-order valence-electron chi connectivity index (χ0n) is 11.3. The van der Waals surface area contributed by atoms with Crippen molar-refractivity contribution in [2.75, 3.05) is 0 Å². The van der Waals surface area contributed by atoms with Crippen LogP contribution in [0.5, 0.6) is 0 Å². The lowest BCUT2D eigenvalue weighted by Gasteiger charge is -2.22. The Bertz CT molecular complexity index is 481. The normalized spacial score (nSPS) is 16.6. The highest BCUT2D eigenvalue weighted by molar-refractivity contribution is 5.33. The fourth-order valence-corrected chi connectivity index (χ4v) is 2.76. The van der Waals surface area contributed by atoms with Gasteiger partial charge in [-0.25, -0.2) is 4.68 Å². The molecule has 0 spiro atoms. The van der Waals surface area contributed by atoms with Gasteiger partial charge < -0.3 is 5.32 Å². The van der Waals surface area contributed by atoms with Gasteiger partial charge in [-0.2, -0.15) is 5.10 Å². The van der Waals surface area contributed by atoms with Crippen molar-refractivity contribution in [1.82, 2.24) is 15.1 Å². The molecular formula is C16H21N3. The van der Waals surface area contributed by atoms with Gasteiger partial charge in [0.25, 0.3) is 0 Å². The van der Waals surface area contributed by atoms with Crippen molar-refractivity contribution in [3.05, 3.63) is 48.3 Å². The molecule has 3 rings (SSSR count). The molecule has 1 N–H and O–H groups in total. The zero-order valence-corrected chi connectivity index (χ0v) is 11.3. The smallest absolute Gasteiger partial charge is 0.0645 e. The highest BCUT2D eigenvalue weighted by atomic mass is 15.3. The van der Waals surface area contributed by atoms with E-state index in [-0.39, 0.29) is 0 Å². The maximum absolute atomic E-state index is 4.24. The third kappa shape index (κ3) is 3.24. The molecule has 3 heteroatoms. The first-order valence-corrected chi connectivity index (χ1v) is 7.24. The highest BCUT2D eigenvalue weighted by Gasteiger charge is 2.12. The van der Waals surface area contributed by atoms with Gasteiger partial charge in [-0.1, -0.05) is 31.4 Å². The third-order valence-corrected chi connectivity index (χ3v) is 3.91. The molecule has 1 heterocycles. The van der Waals surface area contributed by atoms with Crippen molar-refractivity contribution in [2.45, 2.75) is 44.7 Å². The summed E-state index contributed by atoms with van der Waals surface area (Å²) < 4.78 is 1.89. The number of rotatable bonds is 4. The maximum Gasteiger partial charge on any atom is 0.0645 e. The van der Waals surface area contributed by atoms with Crippen LogP contribution in [-0.4, -0.2) is 15.8 Å². The summed E-state index contributed by atoms with van der Waals surface area (Å²) >= 11 is 0. The average molecular weight is 255 g/mol. The molecule has 0 saturated heterocycles. The Balaban J connectivity index is 1.57. The number of hydrogen-bond acceptors (Lipinski definition) is 2. The number of nitrogens with zero attached hydrogens (tertiary/aromatic N) is 2. The Labute approximate surface area is 114 Å². The quantitative estimate of drug-likeness (QED) is 0.908. The van der Waals surface area contributed by atoms with Crippen LogP contribution in [0.25, 0.3) is 5.69 Å². The van der Waals surface area contributed by atoms with Crippen molar-refractivity contribution in [3.8, 4) is 5.69 Å². The second-order valence-corrected chi connectivity index (χ2v) is 5.33. The molecule has 0 aliphatic heterocycles. The molecule has 1 saturated carbocycles. The summed E-state index contributed by atoms with van der Waals surface area (Å²) in [4.78, 5) is 0. The second kappa shape index (κ2) is 6.02. The summed E-state index contributed by atoms with van der Waals surface area (Å²) in [5, 5.41) is 7.91. The Kier molecular flexibility index (Phi) is 3.94. The molecular weight excluding hydrogens is 234 g/mol. The number of hydrogen-bond donors (Lipinski definition) is 1. The van der Waals surface area contributed by atoms with Gasteiger partial charge in [0, 0.05) is 25.0 Å². The standard InChI is InChI=1S/C16H21N3/c1-2-5-15(6-3-1)17-13-14-7-9-16(10-8-14)19-12-4-11-18-19/h4,7-12,15,17H,1-3,5-6,13H2. The van der Waals surface area contributed by atoms with E-state index in [4.69, 9.17) is 0 Å². The molecule has 1 aliphatic rings. The van der Waals surface area contributed by atoms with E-state index in [1.165, 1.54) is 37.7 Å². The van der Waals surface area contributed by atoms with Crippen molar-refractivity contribution in [1.29, 1.82) is 0 Å². The monoisotopic (exact) mass is 255 g/mol. The largest absolute Gasteiger partial charge is 0.310 e. The predicted octanol–water partition coefficient (Wildman–Crippen LogP) is 3.29. The van der Waals surface area contributed by atoms with E-state index in [0.717, 1.165) is 18.3 Å². The van der Waals surface area contributed by atoms with E-state index >= 15 is 0 Å². The minimum Gasteiger partial charge on any atom is -0.310 e. The van der Waals surface area contributed by atoms with E-state index in [1.807, 2.05) is 16.9 Å². The van der Waals surface area contributed by atoms with Crippen molar-refractivity contribution in [3.63, 3.8) is 0 Å². The van der Waals surface area contributed by atoms with Crippen molar-refractivity contribution < 1.29 is 0 Å². The SMILES string of the molecule is c1cnn(-c2ccc(CNC3CCCCC3)cc2)c1. The molecule has 0 radical (unpaired) electrons. The zero-order chi connectivity index (χ0) is 12.9. The summed E-state index contributed by atoms with van der Waals surface area (Å²) in [7, 11) is 0. The summed E-state index contributed by atoms with van der Waals surface area (Å²) in [6, 6.07) is 11.3. The average Bonchev–Trinajstić information content (AvgIpc) is 3.01. The van der Waals surface area contributed by atoms with Crippen LogP contribution in [0.2, 0.25) is 0 Å². The lowest BCUT2D eigenvalue weighted by Crippen LogP contribution is -2.30. The van der Waals surface area contributed by atoms with Crippen LogP contribution in [-0.2, 0) is 6.54 Å². The van der Waals surface area contributed by atoms with Gasteiger partial charge in [0.1, 0.15) is 0 Å². The molecule has 1 aromatic heterocycles. The van der Waals surface area contributed by atoms with Crippen LogP contribution >= 0.6 is 0 Å². The molecule has 1 fully saturated rings. The molecule has 0 unspecified atom stereocenters. The molecule has 19 heavy (non-hydrogen) atoms. The van der Waals surface area contributed by atoms with Crippen molar-refractivity contribution >= 4 is 0 Å². The fraction of sp³-hybridized carbons (Fsp3) is 0.438. The van der Waals surface area contributed by atoms with Gasteiger partial charge >= 0.3 is 0 Å². The van der Waals surface area contributed by atoms with Gasteiger partial charge in [-0.05, 0) is 36.6 Å². The Morgan fingerprint density at radius 1 is 1.11 bits per heavy atom. The summed E-state index contributed by atoms with van der Waals surface area (Å²) in [5.41, 5.74) is 2.47. The molecule has 0 amide bonds. The van der Waals surface area contributed by atoms with E-state index < -0.39 is 0 Å². The van der Waals surface area contributed by atoms with E-state index in [9.17, 15) is 0 Å². The first-order valence-electron chi connectivity index (χ1n) is 7.24. The Hall–Kier alpha value is -1.61. The van der Waals surface area contributed by atoms with Crippen LogP contribution < -0.4 is 5.32 Å². The van der Waals surface area contributed by atoms with Gasteiger partial charge in [0.05, 0.1) is 5.69 Å². The highest BCUT2D eigenvalue weighted by Crippen LogP contribution is 2.18. The molecule has 2 aromatic rings. The predicted molar refractivity (Wildman–Crippen MR) is 77.3 cm³/mol. The van der Waals surface area contributed by atoms with E-state index in [2.05, 4.69) is 34.7 Å².